The molecule has 3 rings (SSSR count). The molecular formula is C19H23Cl2N5OS. The van der Waals surface area contributed by atoms with Crippen molar-refractivity contribution < 1.29 is 4.79 Å². The van der Waals surface area contributed by atoms with Crippen LogP contribution in [0.1, 0.15) is 29.9 Å². The highest BCUT2D eigenvalue weighted by Gasteiger charge is 2.23. The number of hydrogen-bond acceptors (Lipinski definition) is 6. The number of rotatable bonds is 7. The van der Waals surface area contributed by atoms with Crippen molar-refractivity contribution >= 4 is 56.6 Å². The molecule has 6 nitrogen and oxygen atoms in total. The van der Waals surface area contributed by atoms with E-state index in [1.54, 1.807) is 11.1 Å². The number of hydrogen-bond donors (Lipinski definition) is 0. The molecule has 1 aromatic carbocycles. The molecule has 0 saturated carbocycles. The molecule has 0 N–H and O–H groups in total. The van der Waals surface area contributed by atoms with Gasteiger partial charge in [-0.1, -0.05) is 36.8 Å². The lowest BCUT2D eigenvalue weighted by Crippen LogP contribution is -2.39. The van der Waals surface area contributed by atoms with E-state index >= 15 is 0 Å². The fourth-order valence-electron chi connectivity index (χ4n) is 2.82. The van der Waals surface area contributed by atoms with Gasteiger partial charge in [0.1, 0.15) is 5.69 Å². The Balaban J connectivity index is 0.00000280. The average molecular weight is 440 g/mol. The van der Waals surface area contributed by atoms with Crippen molar-refractivity contribution in [3.8, 4) is 0 Å². The van der Waals surface area contributed by atoms with Gasteiger partial charge in [0.05, 0.1) is 16.4 Å². The molecule has 2 aromatic heterocycles. The molecule has 28 heavy (non-hydrogen) atoms. The van der Waals surface area contributed by atoms with Crippen LogP contribution in [0.5, 0.6) is 0 Å². The number of benzene rings is 1. The summed E-state index contributed by atoms with van der Waals surface area (Å²) >= 11 is 7.72. The Labute approximate surface area is 180 Å². The Hall–Kier alpha value is -1.80. The monoisotopic (exact) mass is 439 g/mol. The summed E-state index contributed by atoms with van der Waals surface area (Å²) in [6, 6.07) is 3.81. The van der Waals surface area contributed by atoms with E-state index < -0.39 is 0 Å². The van der Waals surface area contributed by atoms with Crippen LogP contribution < -0.4 is 4.90 Å². The number of likely N-dealkylation sites (N-methyl/N-ethyl adjacent to an activating group) is 1. The normalized spacial score (nSPS) is 10.9. The predicted octanol–water partition coefficient (Wildman–Crippen LogP) is 4.46. The van der Waals surface area contributed by atoms with Crippen LogP contribution in [0.3, 0.4) is 0 Å². The summed E-state index contributed by atoms with van der Waals surface area (Å²) in [5.41, 5.74) is 2.07. The Morgan fingerprint density at radius 3 is 2.57 bits per heavy atom. The second kappa shape index (κ2) is 10.1. The topological polar surface area (TPSA) is 62.2 Å². The van der Waals surface area contributed by atoms with Crippen LogP contribution in [-0.2, 0) is 0 Å². The lowest BCUT2D eigenvalue weighted by molar-refractivity contribution is 0.0978. The fourth-order valence-corrected chi connectivity index (χ4v) is 4.02. The van der Waals surface area contributed by atoms with E-state index in [9.17, 15) is 4.79 Å². The number of halogens is 2. The number of nitrogens with zero attached hydrogens (tertiary/aromatic N) is 5. The molecule has 0 aliphatic heterocycles. The second-order valence-corrected chi connectivity index (χ2v) is 7.51. The number of aryl methyl sites for hydroxylation is 1. The summed E-state index contributed by atoms with van der Waals surface area (Å²) in [5, 5.41) is 1.33. The van der Waals surface area contributed by atoms with Crippen LogP contribution in [0.15, 0.2) is 30.7 Å². The Morgan fingerprint density at radius 2 is 1.93 bits per heavy atom. The zero-order valence-electron chi connectivity index (χ0n) is 16.1. The quantitative estimate of drug-likeness (QED) is 0.543. The van der Waals surface area contributed by atoms with Crippen molar-refractivity contribution in [2.45, 2.75) is 20.8 Å². The van der Waals surface area contributed by atoms with Crippen molar-refractivity contribution in [3.05, 3.63) is 47.0 Å². The molecule has 9 heteroatoms. The second-order valence-electron chi connectivity index (χ2n) is 6.09. The third-order valence-corrected chi connectivity index (χ3v) is 5.98. The first-order valence-corrected chi connectivity index (χ1v) is 10.1. The van der Waals surface area contributed by atoms with E-state index in [1.807, 2.05) is 19.1 Å². The summed E-state index contributed by atoms with van der Waals surface area (Å²) in [4.78, 5) is 30.0. The van der Waals surface area contributed by atoms with Gasteiger partial charge < -0.3 is 4.90 Å². The van der Waals surface area contributed by atoms with Gasteiger partial charge in [-0.3, -0.25) is 14.7 Å². The van der Waals surface area contributed by atoms with Gasteiger partial charge in [-0.05, 0) is 37.7 Å². The molecule has 0 unspecified atom stereocenters. The minimum absolute atomic E-state index is 0. The van der Waals surface area contributed by atoms with Crippen molar-refractivity contribution in [1.82, 2.24) is 19.9 Å². The van der Waals surface area contributed by atoms with Crippen LogP contribution in [-0.4, -0.2) is 51.9 Å². The first-order valence-electron chi connectivity index (χ1n) is 8.91. The molecule has 1 amide bonds. The van der Waals surface area contributed by atoms with E-state index in [-0.39, 0.29) is 18.3 Å². The standard InChI is InChI=1S/C19H22ClN5OS.ClH/c1-4-24(5-2)10-11-25(18(26)15-12-21-8-9-22-15)19-23-17-13(3)14(20)6-7-16(17)27-19;/h6-9,12H,4-5,10-11H2,1-3H3;1H. The molecule has 0 radical (unpaired) electrons. The number of carbonyl (C=O) groups excluding carboxylic acids is 1. The molecule has 3 aromatic rings. The maximum Gasteiger partial charge on any atom is 0.280 e. The van der Waals surface area contributed by atoms with Gasteiger partial charge in [0.2, 0.25) is 0 Å². The largest absolute Gasteiger partial charge is 0.302 e. The maximum absolute atomic E-state index is 13.1. The highest BCUT2D eigenvalue weighted by molar-refractivity contribution is 7.22. The van der Waals surface area contributed by atoms with Gasteiger partial charge >= 0.3 is 0 Å². The van der Waals surface area contributed by atoms with Gasteiger partial charge in [-0.2, -0.15) is 0 Å². The molecule has 2 heterocycles. The van der Waals surface area contributed by atoms with E-state index in [0.717, 1.165) is 35.4 Å². The van der Waals surface area contributed by atoms with Gasteiger partial charge in [0, 0.05) is 30.5 Å². The molecule has 0 spiro atoms. The Bertz CT molecular complexity index is 931. The highest BCUT2D eigenvalue weighted by Crippen LogP contribution is 2.33. The van der Waals surface area contributed by atoms with Gasteiger partial charge in [0.25, 0.3) is 5.91 Å². The molecule has 0 aliphatic rings. The third-order valence-electron chi connectivity index (χ3n) is 4.53. The van der Waals surface area contributed by atoms with E-state index in [0.29, 0.717) is 22.4 Å². The van der Waals surface area contributed by atoms with Crippen LogP contribution in [0.2, 0.25) is 5.02 Å². The minimum atomic E-state index is -0.196. The molecule has 150 valence electrons. The zero-order chi connectivity index (χ0) is 19.4. The predicted molar refractivity (Wildman–Crippen MR) is 118 cm³/mol. The maximum atomic E-state index is 13.1. The fraction of sp³-hybridized carbons (Fsp3) is 0.368. The highest BCUT2D eigenvalue weighted by atomic mass is 35.5. The zero-order valence-corrected chi connectivity index (χ0v) is 18.4. The van der Waals surface area contributed by atoms with E-state index in [4.69, 9.17) is 16.6 Å². The number of thiazole rings is 1. The number of fused-ring (bicyclic) bond motifs is 1. The minimum Gasteiger partial charge on any atom is -0.302 e. The molecular weight excluding hydrogens is 417 g/mol. The van der Waals surface area contributed by atoms with Crippen LogP contribution in [0.4, 0.5) is 5.13 Å². The SMILES string of the molecule is CCN(CC)CCN(C(=O)c1cnccn1)c1nc2c(C)c(Cl)ccc2s1.Cl. The number of anilines is 1. The molecule has 0 bridgehead atoms. The number of aromatic nitrogens is 3. The van der Waals surface area contributed by atoms with E-state index in [1.165, 1.54) is 23.7 Å². The summed E-state index contributed by atoms with van der Waals surface area (Å²) < 4.78 is 1.01. The third kappa shape index (κ3) is 4.78. The van der Waals surface area contributed by atoms with Crippen molar-refractivity contribution in [1.29, 1.82) is 0 Å². The Kier molecular flexibility index (Phi) is 8.12. The van der Waals surface area contributed by atoms with Gasteiger partial charge in [-0.25, -0.2) is 9.97 Å². The summed E-state index contributed by atoms with van der Waals surface area (Å²) in [6.07, 6.45) is 4.57. The van der Waals surface area contributed by atoms with Gasteiger partial charge in [-0.15, -0.1) is 12.4 Å². The molecule has 0 saturated heterocycles. The molecule has 0 aliphatic carbocycles. The average Bonchev–Trinajstić information content (AvgIpc) is 3.13. The summed E-state index contributed by atoms with van der Waals surface area (Å²) in [7, 11) is 0. The van der Waals surface area contributed by atoms with Crippen molar-refractivity contribution in [2.24, 2.45) is 0 Å². The number of carbonyl (C=O) groups is 1. The van der Waals surface area contributed by atoms with Crippen LogP contribution in [0, 0.1) is 6.92 Å². The molecule has 0 fully saturated rings. The molecule has 0 atom stereocenters. The first-order chi connectivity index (χ1) is 13.0. The summed E-state index contributed by atoms with van der Waals surface area (Å²) in [5.74, 6) is -0.196. The lowest BCUT2D eigenvalue weighted by atomic mass is 10.2. The van der Waals surface area contributed by atoms with Crippen molar-refractivity contribution in [3.63, 3.8) is 0 Å². The van der Waals surface area contributed by atoms with Crippen molar-refractivity contribution in [2.75, 3.05) is 31.1 Å². The van der Waals surface area contributed by atoms with E-state index in [2.05, 4.69) is 28.7 Å². The number of amides is 1. The lowest BCUT2D eigenvalue weighted by Gasteiger charge is -2.24. The summed E-state index contributed by atoms with van der Waals surface area (Å²) in [6.45, 7) is 9.32. The van der Waals surface area contributed by atoms with Crippen LogP contribution in [0.25, 0.3) is 10.2 Å². The first kappa shape index (κ1) is 22.5. The van der Waals surface area contributed by atoms with Crippen LogP contribution >= 0.6 is 35.3 Å². The smallest absolute Gasteiger partial charge is 0.280 e. The Morgan fingerprint density at radius 1 is 1.18 bits per heavy atom. The van der Waals surface area contributed by atoms with Gasteiger partial charge in [0.15, 0.2) is 5.13 Å².